The Morgan fingerprint density at radius 1 is 1.24 bits per heavy atom. The number of halogens is 1. The molecule has 0 spiro atoms. The highest BCUT2D eigenvalue weighted by Gasteiger charge is 2.28. The van der Waals surface area contributed by atoms with Gasteiger partial charge in [0.05, 0.1) is 5.56 Å². The van der Waals surface area contributed by atoms with Crippen molar-refractivity contribution < 1.29 is 9.59 Å². The number of thiophene rings is 1. The number of benzene rings is 1. The van der Waals surface area contributed by atoms with Crippen molar-refractivity contribution in [3.05, 3.63) is 45.3 Å². The highest BCUT2D eigenvalue weighted by Crippen LogP contribution is 2.38. The van der Waals surface area contributed by atoms with Crippen molar-refractivity contribution in [2.24, 2.45) is 5.73 Å². The van der Waals surface area contributed by atoms with Crippen LogP contribution in [0.3, 0.4) is 0 Å². The van der Waals surface area contributed by atoms with Gasteiger partial charge in [0.1, 0.15) is 5.00 Å². The second kappa shape index (κ2) is 7.43. The molecule has 5 N–H and O–H groups in total. The predicted octanol–water partition coefficient (Wildman–Crippen LogP) is 3.22. The molecule has 1 unspecified atom stereocenters. The first kappa shape index (κ1) is 17.7. The van der Waals surface area contributed by atoms with Gasteiger partial charge in [-0.3, -0.25) is 10.1 Å². The zero-order valence-electron chi connectivity index (χ0n) is 13.7. The summed E-state index contributed by atoms with van der Waals surface area (Å²) in [6, 6.07) is 6.74. The summed E-state index contributed by atoms with van der Waals surface area (Å²) < 4.78 is 0. The zero-order valence-corrected chi connectivity index (χ0v) is 15.3. The molecule has 0 radical (unpaired) electrons. The second-order valence-electron chi connectivity index (χ2n) is 5.89. The number of carbonyl (C=O) groups is 2. The molecule has 0 saturated heterocycles. The second-order valence-corrected chi connectivity index (χ2v) is 7.43. The van der Waals surface area contributed by atoms with Crippen molar-refractivity contribution >= 4 is 45.6 Å². The first-order chi connectivity index (χ1) is 12.0. The van der Waals surface area contributed by atoms with Crippen LogP contribution in [-0.4, -0.2) is 25.0 Å². The Morgan fingerprint density at radius 3 is 2.60 bits per heavy atom. The number of primary amides is 1. The largest absolute Gasteiger partial charge is 0.365 e. The molecule has 3 amide bonds. The maximum atomic E-state index is 12.3. The Hall–Kier alpha value is -2.09. The minimum absolute atomic E-state index is 0.377. The molecule has 0 bridgehead atoms. The fraction of sp³-hybridized carbons (Fsp3) is 0.294. The monoisotopic (exact) mass is 378 g/mol. The molecule has 1 aliphatic carbocycles. The number of hydrogen-bond acceptors (Lipinski definition) is 4. The van der Waals surface area contributed by atoms with Crippen LogP contribution in [0.1, 0.15) is 27.2 Å². The molecule has 8 heteroatoms. The van der Waals surface area contributed by atoms with E-state index in [4.69, 9.17) is 17.3 Å². The highest BCUT2D eigenvalue weighted by molar-refractivity contribution is 7.17. The normalized spacial score (nSPS) is 16.2. The lowest BCUT2D eigenvalue weighted by atomic mass is 9.92. The third-order valence-electron chi connectivity index (χ3n) is 4.25. The Balaban J connectivity index is 1.79. The number of hydrogen-bond donors (Lipinski definition) is 4. The minimum Gasteiger partial charge on any atom is -0.365 e. The number of amides is 3. The molecule has 2 aromatic rings. The molecular weight excluding hydrogens is 360 g/mol. The number of carbonyl (C=O) groups excluding carboxylic acids is 2. The maximum absolute atomic E-state index is 12.3. The first-order valence-corrected chi connectivity index (χ1v) is 9.12. The van der Waals surface area contributed by atoms with E-state index < -0.39 is 11.9 Å². The van der Waals surface area contributed by atoms with Gasteiger partial charge in [0, 0.05) is 21.6 Å². The summed E-state index contributed by atoms with van der Waals surface area (Å²) in [7, 11) is 1.93. The summed E-state index contributed by atoms with van der Waals surface area (Å²) in [5.41, 5.74) is 7.57. The van der Waals surface area contributed by atoms with Crippen LogP contribution < -0.4 is 21.7 Å². The molecule has 1 heterocycles. The molecule has 25 heavy (non-hydrogen) atoms. The van der Waals surface area contributed by atoms with Crippen molar-refractivity contribution in [2.75, 3.05) is 17.7 Å². The number of nitrogens with one attached hydrogen (secondary N) is 3. The van der Waals surface area contributed by atoms with Crippen molar-refractivity contribution in [3.63, 3.8) is 0 Å². The number of nitrogens with two attached hydrogens (primary N) is 1. The van der Waals surface area contributed by atoms with Crippen molar-refractivity contribution in [1.82, 2.24) is 5.32 Å². The lowest BCUT2D eigenvalue weighted by molar-refractivity contribution is 0.100. The van der Waals surface area contributed by atoms with Crippen LogP contribution in [0.25, 0.3) is 0 Å². The van der Waals surface area contributed by atoms with Crippen LogP contribution in [0, 0.1) is 0 Å². The summed E-state index contributed by atoms with van der Waals surface area (Å²) in [5, 5.41) is 9.83. The van der Waals surface area contributed by atoms with E-state index in [2.05, 4.69) is 16.0 Å². The van der Waals surface area contributed by atoms with Crippen LogP contribution >= 0.6 is 22.9 Å². The SMILES string of the molecule is CNC1CCc2c(sc(NC(=O)Nc3ccc(Cl)cc3)c2C(N)=O)C1. The van der Waals surface area contributed by atoms with Gasteiger partial charge in [0.25, 0.3) is 5.91 Å². The Kier molecular flexibility index (Phi) is 5.27. The fourth-order valence-corrected chi connectivity index (χ4v) is 4.43. The van der Waals surface area contributed by atoms with Gasteiger partial charge in [-0.05, 0) is 56.1 Å². The summed E-state index contributed by atoms with van der Waals surface area (Å²) >= 11 is 7.25. The van der Waals surface area contributed by atoms with E-state index in [1.54, 1.807) is 24.3 Å². The van der Waals surface area contributed by atoms with E-state index in [0.29, 0.717) is 27.3 Å². The Morgan fingerprint density at radius 2 is 1.96 bits per heavy atom. The topological polar surface area (TPSA) is 96.2 Å². The number of rotatable bonds is 4. The summed E-state index contributed by atoms with van der Waals surface area (Å²) in [5.74, 6) is -0.512. The van der Waals surface area contributed by atoms with E-state index in [9.17, 15) is 9.59 Å². The Labute approximate surface area is 154 Å². The number of fused-ring (bicyclic) bond motifs is 1. The first-order valence-electron chi connectivity index (χ1n) is 7.93. The van der Waals surface area contributed by atoms with Crippen LogP contribution in [-0.2, 0) is 12.8 Å². The van der Waals surface area contributed by atoms with E-state index in [1.807, 2.05) is 7.05 Å². The van der Waals surface area contributed by atoms with Gasteiger partial charge in [0.15, 0.2) is 0 Å². The van der Waals surface area contributed by atoms with Crippen LogP contribution in [0.4, 0.5) is 15.5 Å². The third kappa shape index (κ3) is 3.95. The minimum atomic E-state index is -0.512. The quantitative estimate of drug-likeness (QED) is 0.657. The number of anilines is 2. The van der Waals surface area contributed by atoms with Crippen LogP contribution in [0.5, 0.6) is 0 Å². The van der Waals surface area contributed by atoms with E-state index in [-0.39, 0.29) is 0 Å². The van der Waals surface area contributed by atoms with Gasteiger partial charge >= 0.3 is 6.03 Å². The molecule has 1 aliphatic rings. The van der Waals surface area contributed by atoms with Crippen LogP contribution in [0.15, 0.2) is 24.3 Å². The molecule has 1 atom stereocenters. The van der Waals surface area contributed by atoms with Gasteiger partial charge in [-0.25, -0.2) is 4.79 Å². The average Bonchev–Trinajstić information content (AvgIpc) is 2.93. The lowest BCUT2D eigenvalue weighted by Crippen LogP contribution is -2.31. The van der Waals surface area contributed by atoms with Crippen LogP contribution in [0.2, 0.25) is 5.02 Å². The molecule has 6 nitrogen and oxygen atoms in total. The molecular formula is C17H19ClN4O2S. The maximum Gasteiger partial charge on any atom is 0.324 e. The molecule has 0 saturated carbocycles. The molecule has 3 rings (SSSR count). The molecule has 0 fully saturated rings. The Bertz CT molecular complexity index is 804. The summed E-state index contributed by atoms with van der Waals surface area (Å²) in [4.78, 5) is 25.3. The van der Waals surface area contributed by atoms with Gasteiger partial charge in [-0.2, -0.15) is 0 Å². The van der Waals surface area contributed by atoms with Gasteiger partial charge < -0.3 is 16.4 Å². The van der Waals surface area contributed by atoms with Crippen molar-refractivity contribution in [3.8, 4) is 0 Å². The number of urea groups is 1. The average molecular weight is 379 g/mol. The third-order valence-corrected chi connectivity index (χ3v) is 5.67. The van der Waals surface area contributed by atoms with Gasteiger partial charge in [-0.15, -0.1) is 11.3 Å². The van der Waals surface area contributed by atoms with Gasteiger partial charge in [0.2, 0.25) is 0 Å². The van der Waals surface area contributed by atoms with Gasteiger partial charge in [-0.1, -0.05) is 11.6 Å². The van der Waals surface area contributed by atoms with E-state index in [1.165, 1.54) is 11.3 Å². The standard InChI is InChI=1S/C17H19ClN4O2S/c1-20-11-6-7-12-13(8-11)25-16(14(12)15(19)23)22-17(24)21-10-4-2-9(18)3-5-10/h2-5,11,20H,6-8H2,1H3,(H2,19,23)(H2,21,22,24). The number of likely N-dealkylation sites (N-methyl/N-ethyl adjacent to an activating group) is 1. The molecule has 1 aromatic heterocycles. The molecule has 1 aromatic carbocycles. The zero-order chi connectivity index (χ0) is 18.0. The fourth-order valence-electron chi connectivity index (χ4n) is 2.98. The summed E-state index contributed by atoms with van der Waals surface area (Å²) in [6.07, 6.45) is 2.55. The van der Waals surface area contributed by atoms with E-state index >= 15 is 0 Å². The molecule has 0 aliphatic heterocycles. The van der Waals surface area contributed by atoms with Crippen molar-refractivity contribution in [1.29, 1.82) is 0 Å². The predicted molar refractivity (Wildman–Crippen MR) is 102 cm³/mol. The molecule has 132 valence electrons. The lowest BCUT2D eigenvalue weighted by Gasteiger charge is -2.21. The smallest absolute Gasteiger partial charge is 0.324 e. The van der Waals surface area contributed by atoms with E-state index in [0.717, 1.165) is 29.7 Å². The highest BCUT2D eigenvalue weighted by atomic mass is 35.5. The van der Waals surface area contributed by atoms with Crippen molar-refractivity contribution in [2.45, 2.75) is 25.3 Å². The summed E-state index contributed by atoms with van der Waals surface area (Å²) in [6.45, 7) is 0.